The van der Waals surface area contributed by atoms with Crippen molar-refractivity contribution >= 4 is 41.6 Å². The first-order valence-electron chi connectivity index (χ1n) is 6.96. The number of benzene rings is 1. The Labute approximate surface area is 132 Å². The van der Waals surface area contributed by atoms with Crippen LogP contribution in [0.4, 0.5) is 15.8 Å². The number of hydrogen-bond donors (Lipinski definition) is 1. The van der Waals surface area contributed by atoms with Gasteiger partial charge in [-0.3, -0.25) is 4.98 Å². The van der Waals surface area contributed by atoms with Crippen LogP contribution in [0.3, 0.4) is 0 Å². The lowest BCUT2D eigenvalue weighted by Crippen LogP contribution is -2.08. The molecule has 3 rings (SSSR count). The van der Waals surface area contributed by atoms with E-state index in [9.17, 15) is 9.18 Å². The second-order valence-corrected chi connectivity index (χ2v) is 4.76. The van der Waals surface area contributed by atoms with Gasteiger partial charge in [0.2, 0.25) is 5.76 Å². The molecule has 1 aromatic carbocycles. The number of halogens is 1. The Hall–Kier alpha value is -2.83. The highest BCUT2D eigenvalue weighted by atomic mass is 19.1. The van der Waals surface area contributed by atoms with Crippen molar-refractivity contribution in [1.29, 1.82) is 0 Å². The monoisotopic (exact) mass is 310 g/mol. The molecule has 0 amide bonds. The van der Waals surface area contributed by atoms with Crippen molar-refractivity contribution in [3.63, 3.8) is 0 Å². The number of pyridine rings is 1. The van der Waals surface area contributed by atoms with E-state index >= 15 is 0 Å². The highest BCUT2D eigenvalue weighted by Gasteiger charge is 2.22. The van der Waals surface area contributed by atoms with Crippen molar-refractivity contribution in [2.24, 2.45) is 0 Å². The van der Waals surface area contributed by atoms with E-state index in [0.717, 1.165) is 0 Å². The summed E-state index contributed by atoms with van der Waals surface area (Å²) >= 11 is 0. The topological polar surface area (TPSA) is 64.4 Å². The third-order valence-electron chi connectivity index (χ3n) is 3.20. The molecule has 0 bridgehead atoms. The Balaban J connectivity index is 2.10. The number of rotatable bonds is 4. The zero-order valence-corrected chi connectivity index (χ0v) is 12.3. The van der Waals surface area contributed by atoms with E-state index < -0.39 is 11.8 Å². The highest BCUT2D eigenvalue weighted by Crippen LogP contribution is 2.33. The van der Waals surface area contributed by atoms with Gasteiger partial charge in [0, 0.05) is 12.4 Å². The minimum absolute atomic E-state index is 0.0360. The van der Waals surface area contributed by atoms with E-state index in [1.165, 1.54) is 24.5 Å². The van der Waals surface area contributed by atoms with E-state index in [1.807, 2.05) is 0 Å². The van der Waals surface area contributed by atoms with Gasteiger partial charge < -0.3 is 14.5 Å². The fourth-order valence-electron chi connectivity index (χ4n) is 2.17. The third kappa shape index (κ3) is 2.90. The lowest BCUT2D eigenvalue weighted by molar-refractivity contribution is 0.0494. The molecular formula is C16H12BFN2O3. The van der Waals surface area contributed by atoms with E-state index in [-0.39, 0.29) is 18.1 Å². The number of carbonyl (C=O) groups excluding carboxylic acids is 1. The summed E-state index contributed by atoms with van der Waals surface area (Å²) in [5.74, 6) is -1.22. The molecular weight excluding hydrogens is 298 g/mol. The molecule has 5 nitrogen and oxygen atoms in total. The fraction of sp³-hybridized carbons (Fsp3) is 0.125. The van der Waals surface area contributed by atoms with Crippen molar-refractivity contribution in [1.82, 2.24) is 4.98 Å². The summed E-state index contributed by atoms with van der Waals surface area (Å²) in [6.07, 6.45) is 3.06. The van der Waals surface area contributed by atoms with Gasteiger partial charge in [-0.1, -0.05) is 11.5 Å². The van der Waals surface area contributed by atoms with Crippen molar-refractivity contribution in [2.75, 3.05) is 11.9 Å². The average Bonchev–Trinajstić information content (AvgIpc) is 2.89. The lowest BCUT2D eigenvalue weighted by Gasteiger charge is -2.08. The summed E-state index contributed by atoms with van der Waals surface area (Å²) < 4.78 is 24.5. The Kier molecular flexibility index (Phi) is 4.01. The Morgan fingerprint density at radius 2 is 2.26 bits per heavy atom. The van der Waals surface area contributed by atoms with Crippen molar-refractivity contribution in [2.45, 2.75) is 6.92 Å². The van der Waals surface area contributed by atoms with Gasteiger partial charge >= 0.3 is 5.97 Å². The van der Waals surface area contributed by atoms with E-state index in [0.29, 0.717) is 22.1 Å². The van der Waals surface area contributed by atoms with E-state index in [4.69, 9.17) is 17.0 Å². The molecule has 114 valence electrons. The number of nitrogens with zero attached hydrogens (tertiary/aromatic N) is 1. The second-order valence-electron chi connectivity index (χ2n) is 4.76. The number of fused-ring (bicyclic) bond motifs is 1. The van der Waals surface area contributed by atoms with Crippen LogP contribution in [0, 0.1) is 5.82 Å². The van der Waals surface area contributed by atoms with Crippen LogP contribution in [0.5, 0.6) is 0 Å². The molecule has 23 heavy (non-hydrogen) atoms. The number of esters is 1. The van der Waals surface area contributed by atoms with Crippen LogP contribution in [0.15, 0.2) is 41.1 Å². The lowest BCUT2D eigenvalue weighted by atomic mass is 9.96. The zero-order chi connectivity index (χ0) is 16.4. The summed E-state index contributed by atoms with van der Waals surface area (Å²) in [6, 6.07) is 5.83. The number of hydrogen-bond acceptors (Lipinski definition) is 5. The smallest absolute Gasteiger partial charge is 0.376 e. The summed E-state index contributed by atoms with van der Waals surface area (Å²) in [5, 5.41) is 3.41. The third-order valence-corrected chi connectivity index (χ3v) is 3.20. The molecule has 1 N–H and O–H groups in total. The van der Waals surface area contributed by atoms with Crippen LogP contribution in [-0.4, -0.2) is 25.4 Å². The highest BCUT2D eigenvalue weighted by molar-refractivity contribution is 6.32. The SMILES string of the molecule is [B]c1ccc(Nc2c(C(=O)OCC)oc3ccncc23)c(F)c1. The summed E-state index contributed by atoms with van der Waals surface area (Å²) in [5.41, 5.74) is 1.21. The largest absolute Gasteiger partial charge is 0.460 e. The molecule has 0 unspecified atom stereocenters. The molecule has 0 fully saturated rings. The van der Waals surface area contributed by atoms with Crippen molar-refractivity contribution < 1.29 is 18.3 Å². The summed E-state index contributed by atoms with van der Waals surface area (Å²) in [4.78, 5) is 16.1. The van der Waals surface area contributed by atoms with E-state index in [1.54, 1.807) is 19.1 Å². The maximum atomic E-state index is 14.0. The Morgan fingerprint density at radius 1 is 1.43 bits per heavy atom. The van der Waals surface area contributed by atoms with Gasteiger partial charge in [0.1, 0.15) is 24.9 Å². The minimum Gasteiger partial charge on any atom is -0.460 e. The first kappa shape index (κ1) is 15.1. The van der Waals surface area contributed by atoms with Gasteiger partial charge in [0.15, 0.2) is 0 Å². The first-order valence-corrected chi connectivity index (χ1v) is 6.96. The summed E-state index contributed by atoms with van der Waals surface area (Å²) in [6.45, 7) is 1.89. The molecule has 0 atom stereocenters. The van der Waals surface area contributed by atoms with E-state index in [2.05, 4.69) is 10.3 Å². The van der Waals surface area contributed by atoms with Gasteiger partial charge in [-0.25, -0.2) is 9.18 Å². The van der Waals surface area contributed by atoms with Gasteiger partial charge in [0.25, 0.3) is 0 Å². The molecule has 0 aliphatic carbocycles. The molecule has 3 aromatic rings. The van der Waals surface area contributed by atoms with Crippen molar-refractivity contribution in [3.8, 4) is 0 Å². The Bertz CT molecular complexity index is 879. The Morgan fingerprint density at radius 3 is 3.00 bits per heavy atom. The number of aromatic nitrogens is 1. The van der Waals surface area contributed by atoms with Gasteiger partial charge in [-0.05, 0) is 25.1 Å². The van der Waals surface area contributed by atoms with Gasteiger partial charge in [0.05, 0.1) is 17.7 Å². The minimum atomic E-state index is -0.637. The molecule has 2 aromatic heterocycles. The summed E-state index contributed by atoms with van der Waals surface area (Å²) in [7, 11) is 5.54. The van der Waals surface area contributed by atoms with Crippen LogP contribution in [0.25, 0.3) is 11.0 Å². The fourth-order valence-corrected chi connectivity index (χ4v) is 2.17. The quantitative estimate of drug-likeness (QED) is 0.593. The molecule has 2 heterocycles. The van der Waals surface area contributed by atoms with Crippen molar-refractivity contribution in [3.05, 3.63) is 48.2 Å². The number of anilines is 2. The standard InChI is InChI=1S/C16H12BFN2O3/c1-2-22-16(21)15-14(10-8-19-6-5-13(10)23-15)20-12-4-3-9(17)7-11(12)18/h3-8,20H,2H2,1H3. The van der Waals surface area contributed by atoms with Crippen LogP contribution >= 0.6 is 0 Å². The molecule has 0 saturated carbocycles. The first-order chi connectivity index (χ1) is 11.1. The maximum Gasteiger partial charge on any atom is 0.376 e. The number of furan rings is 1. The molecule has 0 aliphatic rings. The molecule has 0 saturated heterocycles. The predicted molar refractivity (Wildman–Crippen MR) is 85.0 cm³/mol. The second kappa shape index (κ2) is 6.12. The predicted octanol–water partition coefficient (Wildman–Crippen LogP) is 2.68. The molecule has 0 aliphatic heterocycles. The normalized spacial score (nSPS) is 10.7. The number of carbonyl (C=O) groups is 1. The zero-order valence-electron chi connectivity index (χ0n) is 12.3. The molecule has 7 heteroatoms. The molecule has 0 spiro atoms. The van der Waals surface area contributed by atoms with Crippen LogP contribution in [0.2, 0.25) is 0 Å². The molecule has 2 radical (unpaired) electrons. The number of ether oxygens (including phenoxy) is 1. The van der Waals surface area contributed by atoms with Gasteiger partial charge in [-0.15, -0.1) is 0 Å². The van der Waals surface area contributed by atoms with Gasteiger partial charge in [-0.2, -0.15) is 0 Å². The van der Waals surface area contributed by atoms with Crippen LogP contribution in [-0.2, 0) is 4.74 Å². The average molecular weight is 310 g/mol. The number of nitrogens with one attached hydrogen (secondary N) is 1. The van der Waals surface area contributed by atoms with Crippen LogP contribution < -0.4 is 10.8 Å². The van der Waals surface area contributed by atoms with Crippen LogP contribution in [0.1, 0.15) is 17.5 Å². The maximum absolute atomic E-state index is 14.0.